The predicted molar refractivity (Wildman–Crippen MR) is 36.4 cm³/mol. The maximum absolute atomic E-state index is 8.80. The van der Waals surface area contributed by atoms with Crippen molar-refractivity contribution in [2.45, 2.75) is 38.8 Å². The first-order valence-electron chi connectivity index (χ1n) is 3.74. The minimum absolute atomic E-state index is 0.172. The van der Waals surface area contributed by atoms with Gasteiger partial charge in [0, 0.05) is 6.61 Å². The van der Waals surface area contributed by atoms with E-state index in [1.54, 1.807) is 6.92 Å². The summed E-state index contributed by atoms with van der Waals surface area (Å²) < 4.78 is 10.2. The Hall–Kier alpha value is -0.120. The highest BCUT2D eigenvalue weighted by molar-refractivity contribution is 4.53. The van der Waals surface area contributed by atoms with Crippen LogP contribution in [0.1, 0.15) is 26.2 Å². The minimum atomic E-state index is -0.705. The summed E-state index contributed by atoms with van der Waals surface area (Å²) in [6.07, 6.45) is 2.28. The Morgan fingerprint density at radius 2 is 2.40 bits per heavy atom. The van der Waals surface area contributed by atoms with E-state index in [4.69, 9.17) is 14.6 Å². The second-order valence-corrected chi connectivity index (χ2v) is 2.53. The molecule has 1 fully saturated rings. The van der Waals surface area contributed by atoms with Gasteiger partial charge in [0.1, 0.15) is 0 Å². The molecular weight excluding hydrogens is 132 g/mol. The number of hydrogen-bond acceptors (Lipinski definition) is 3. The first kappa shape index (κ1) is 7.98. The molecule has 1 saturated heterocycles. The van der Waals surface area contributed by atoms with Crippen LogP contribution in [-0.2, 0) is 9.47 Å². The van der Waals surface area contributed by atoms with Gasteiger partial charge in [0.25, 0.3) is 0 Å². The molecule has 0 radical (unpaired) electrons. The molecule has 0 spiro atoms. The summed E-state index contributed by atoms with van der Waals surface area (Å²) in [4.78, 5) is 0. The quantitative estimate of drug-likeness (QED) is 0.587. The van der Waals surface area contributed by atoms with E-state index >= 15 is 0 Å². The Morgan fingerprint density at radius 1 is 1.60 bits per heavy atom. The molecule has 2 atom stereocenters. The van der Waals surface area contributed by atoms with E-state index in [1.165, 1.54) is 0 Å². The Morgan fingerprint density at radius 3 is 2.90 bits per heavy atom. The van der Waals surface area contributed by atoms with Crippen molar-refractivity contribution >= 4 is 0 Å². The number of ether oxygens (including phenoxy) is 2. The van der Waals surface area contributed by atoms with Crippen molar-refractivity contribution in [2.75, 3.05) is 6.61 Å². The molecule has 0 aromatic carbocycles. The first-order chi connectivity index (χ1) is 4.79. The summed E-state index contributed by atoms with van der Waals surface area (Å²) in [5, 5.41) is 8.80. The molecule has 1 unspecified atom stereocenters. The van der Waals surface area contributed by atoms with Crippen LogP contribution in [0.4, 0.5) is 0 Å². The highest BCUT2D eigenvalue weighted by Gasteiger charge is 2.15. The summed E-state index contributed by atoms with van der Waals surface area (Å²) in [6.45, 7) is 2.36. The van der Waals surface area contributed by atoms with E-state index in [9.17, 15) is 0 Å². The third-order valence-electron chi connectivity index (χ3n) is 1.49. The average Bonchev–Trinajstić information content (AvgIpc) is 1.88. The average molecular weight is 146 g/mol. The van der Waals surface area contributed by atoms with Gasteiger partial charge >= 0.3 is 0 Å². The Kier molecular flexibility index (Phi) is 3.12. The van der Waals surface area contributed by atoms with E-state index in [2.05, 4.69) is 0 Å². The number of hydrogen-bond donors (Lipinski definition) is 1. The van der Waals surface area contributed by atoms with Gasteiger partial charge < -0.3 is 14.6 Å². The van der Waals surface area contributed by atoms with Crippen LogP contribution in [0, 0.1) is 0 Å². The molecule has 0 aliphatic carbocycles. The van der Waals surface area contributed by atoms with Gasteiger partial charge in [-0.15, -0.1) is 0 Å². The van der Waals surface area contributed by atoms with Gasteiger partial charge in [0.2, 0.25) is 0 Å². The standard InChI is InChI=1S/C7H14O3/c1-6(8)10-7-4-2-3-5-9-7/h6-8H,2-5H2,1H3/t6?,7-/m1/s1. The summed E-state index contributed by atoms with van der Waals surface area (Å²) in [5.74, 6) is 0. The molecule has 1 N–H and O–H groups in total. The molecule has 1 aliphatic heterocycles. The van der Waals surface area contributed by atoms with Gasteiger partial charge in [-0.1, -0.05) is 0 Å². The molecule has 3 nitrogen and oxygen atoms in total. The Balaban J connectivity index is 2.13. The molecule has 10 heavy (non-hydrogen) atoms. The lowest BCUT2D eigenvalue weighted by Crippen LogP contribution is -2.26. The summed E-state index contributed by atoms with van der Waals surface area (Å²) in [5.41, 5.74) is 0. The molecule has 0 aromatic rings. The van der Waals surface area contributed by atoms with E-state index in [0.717, 1.165) is 25.9 Å². The Bertz CT molecular complexity index is 86.9. The fourth-order valence-electron chi connectivity index (χ4n) is 1.04. The first-order valence-corrected chi connectivity index (χ1v) is 3.74. The van der Waals surface area contributed by atoms with Crippen molar-refractivity contribution in [2.24, 2.45) is 0 Å². The second kappa shape index (κ2) is 3.91. The molecule has 0 bridgehead atoms. The Labute approximate surface area is 60.9 Å². The monoisotopic (exact) mass is 146 g/mol. The number of aliphatic hydroxyl groups excluding tert-OH is 1. The fraction of sp³-hybridized carbons (Fsp3) is 1.00. The van der Waals surface area contributed by atoms with Crippen molar-refractivity contribution in [3.8, 4) is 0 Å². The molecule has 3 heteroatoms. The van der Waals surface area contributed by atoms with Gasteiger partial charge in [0.15, 0.2) is 12.6 Å². The van der Waals surface area contributed by atoms with Crippen molar-refractivity contribution in [1.29, 1.82) is 0 Å². The van der Waals surface area contributed by atoms with Crippen LogP contribution in [0.3, 0.4) is 0 Å². The van der Waals surface area contributed by atoms with Crippen LogP contribution in [-0.4, -0.2) is 24.3 Å². The molecule has 0 aromatic heterocycles. The van der Waals surface area contributed by atoms with Gasteiger partial charge in [-0.05, 0) is 26.2 Å². The SMILES string of the molecule is CC(O)O[C@@H]1CCCCO1. The second-order valence-electron chi connectivity index (χ2n) is 2.53. The third-order valence-corrected chi connectivity index (χ3v) is 1.49. The third kappa shape index (κ3) is 2.64. The minimum Gasteiger partial charge on any atom is -0.368 e. The summed E-state index contributed by atoms with van der Waals surface area (Å²) in [6, 6.07) is 0. The zero-order chi connectivity index (χ0) is 7.40. The van der Waals surface area contributed by atoms with Crippen molar-refractivity contribution < 1.29 is 14.6 Å². The number of rotatable bonds is 2. The molecule has 60 valence electrons. The maximum atomic E-state index is 8.80. The molecule has 0 saturated carbocycles. The number of aliphatic hydroxyl groups is 1. The maximum Gasteiger partial charge on any atom is 0.160 e. The lowest BCUT2D eigenvalue weighted by atomic mass is 10.2. The van der Waals surface area contributed by atoms with Crippen LogP contribution in [0.25, 0.3) is 0 Å². The van der Waals surface area contributed by atoms with Crippen LogP contribution >= 0.6 is 0 Å². The largest absolute Gasteiger partial charge is 0.368 e. The zero-order valence-electron chi connectivity index (χ0n) is 6.25. The molecule has 1 heterocycles. The summed E-state index contributed by atoms with van der Waals surface area (Å²) in [7, 11) is 0. The smallest absolute Gasteiger partial charge is 0.160 e. The zero-order valence-corrected chi connectivity index (χ0v) is 6.25. The lowest BCUT2D eigenvalue weighted by Gasteiger charge is -2.23. The van der Waals surface area contributed by atoms with Gasteiger partial charge in [-0.2, -0.15) is 0 Å². The van der Waals surface area contributed by atoms with E-state index in [1.807, 2.05) is 0 Å². The topological polar surface area (TPSA) is 38.7 Å². The van der Waals surface area contributed by atoms with Crippen LogP contribution in [0.5, 0.6) is 0 Å². The van der Waals surface area contributed by atoms with E-state index in [0.29, 0.717) is 0 Å². The predicted octanol–water partition coefficient (Wildman–Crippen LogP) is 0.868. The van der Waals surface area contributed by atoms with Gasteiger partial charge in [-0.25, -0.2) is 0 Å². The van der Waals surface area contributed by atoms with Crippen LogP contribution < -0.4 is 0 Å². The van der Waals surface area contributed by atoms with E-state index < -0.39 is 6.29 Å². The molecule has 1 aliphatic rings. The van der Waals surface area contributed by atoms with Crippen molar-refractivity contribution in [1.82, 2.24) is 0 Å². The normalized spacial score (nSPS) is 30.0. The van der Waals surface area contributed by atoms with Crippen LogP contribution in [0.2, 0.25) is 0 Å². The fourth-order valence-corrected chi connectivity index (χ4v) is 1.04. The van der Waals surface area contributed by atoms with Crippen LogP contribution in [0.15, 0.2) is 0 Å². The molecular formula is C7H14O3. The van der Waals surface area contributed by atoms with Gasteiger partial charge in [-0.3, -0.25) is 0 Å². The van der Waals surface area contributed by atoms with Crippen molar-refractivity contribution in [3.63, 3.8) is 0 Å². The lowest BCUT2D eigenvalue weighted by molar-refractivity contribution is -0.233. The van der Waals surface area contributed by atoms with E-state index in [-0.39, 0.29) is 6.29 Å². The van der Waals surface area contributed by atoms with Gasteiger partial charge in [0.05, 0.1) is 0 Å². The molecule has 0 amide bonds. The highest BCUT2D eigenvalue weighted by Crippen LogP contribution is 2.14. The molecule has 1 rings (SSSR count). The van der Waals surface area contributed by atoms with Crippen molar-refractivity contribution in [3.05, 3.63) is 0 Å². The summed E-state index contributed by atoms with van der Waals surface area (Å²) >= 11 is 0. The highest BCUT2D eigenvalue weighted by atomic mass is 16.7.